The number of amides is 1. The van der Waals surface area contributed by atoms with Gasteiger partial charge in [0.2, 0.25) is 0 Å². The molecule has 0 spiro atoms. The van der Waals surface area contributed by atoms with Gasteiger partial charge in [0, 0.05) is 15.7 Å². The predicted octanol–water partition coefficient (Wildman–Crippen LogP) is 4.28. The van der Waals surface area contributed by atoms with E-state index in [9.17, 15) is 9.59 Å². The first-order chi connectivity index (χ1) is 10.9. The van der Waals surface area contributed by atoms with Gasteiger partial charge in [-0.1, -0.05) is 15.9 Å². The number of rotatable bonds is 5. The first kappa shape index (κ1) is 17.2. The van der Waals surface area contributed by atoms with Crippen molar-refractivity contribution in [3.8, 4) is 5.75 Å². The molecule has 120 valence electrons. The molecule has 0 aromatic heterocycles. The number of hydrogen-bond donors (Lipinski definition) is 1. The van der Waals surface area contributed by atoms with E-state index in [0.717, 1.165) is 21.9 Å². The Morgan fingerprint density at radius 2 is 1.74 bits per heavy atom. The molecule has 1 atom stereocenters. The molecule has 2 rings (SSSR count). The van der Waals surface area contributed by atoms with E-state index in [1.165, 1.54) is 0 Å². The van der Waals surface area contributed by atoms with Gasteiger partial charge in [-0.15, -0.1) is 0 Å². The molecule has 0 radical (unpaired) electrons. The number of aldehydes is 1. The molecule has 0 aliphatic heterocycles. The molecule has 4 nitrogen and oxygen atoms in total. The maximum atomic E-state index is 12.2. The molecule has 0 aliphatic rings. The topological polar surface area (TPSA) is 55.4 Å². The third-order valence-electron chi connectivity index (χ3n) is 3.39. The Labute approximate surface area is 144 Å². The number of carbonyl (C=O) groups is 2. The fourth-order valence-corrected chi connectivity index (χ4v) is 2.51. The molecule has 0 unspecified atom stereocenters. The van der Waals surface area contributed by atoms with Crippen LogP contribution in [-0.2, 0) is 4.79 Å². The molecule has 1 N–H and O–H groups in total. The van der Waals surface area contributed by atoms with Crippen molar-refractivity contribution < 1.29 is 14.3 Å². The lowest BCUT2D eigenvalue weighted by Crippen LogP contribution is -2.30. The molecule has 0 saturated heterocycles. The van der Waals surface area contributed by atoms with Crippen LogP contribution in [0.25, 0.3) is 0 Å². The van der Waals surface area contributed by atoms with Gasteiger partial charge in [0.1, 0.15) is 12.0 Å². The number of ether oxygens (including phenoxy) is 1. The largest absolute Gasteiger partial charge is 0.480 e. The summed E-state index contributed by atoms with van der Waals surface area (Å²) in [5, 5.41) is 2.81. The van der Waals surface area contributed by atoms with Crippen molar-refractivity contribution in [2.75, 3.05) is 5.32 Å². The second-order valence-corrected chi connectivity index (χ2v) is 6.27. The predicted molar refractivity (Wildman–Crippen MR) is 94.2 cm³/mol. The Balaban J connectivity index is 2.09. The quantitative estimate of drug-likeness (QED) is 0.793. The van der Waals surface area contributed by atoms with Crippen molar-refractivity contribution in [2.45, 2.75) is 26.9 Å². The van der Waals surface area contributed by atoms with Crippen LogP contribution in [0.1, 0.15) is 28.4 Å². The molecular weight excluding hydrogens is 358 g/mol. The molecular formula is C18H18BrNO3. The molecule has 2 aromatic carbocycles. The van der Waals surface area contributed by atoms with E-state index in [4.69, 9.17) is 4.74 Å². The van der Waals surface area contributed by atoms with Crippen LogP contribution in [0.15, 0.2) is 40.9 Å². The number of nitrogens with one attached hydrogen (secondary N) is 1. The molecule has 0 fully saturated rings. The lowest BCUT2D eigenvalue weighted by atomic mass is 10.1. The maximum Gasteiger partial charge on any atom is 0.265 e. The third kappa shape index (κ3) is 4.42. The van der Waals surface area contributed by atoms with E-state index < -0.39 is 6.10 Å². The summed E-state index contributed by atoms with van der Waals surface area (Å²) in [5.74, 6) is 0.402. The summed E-state index contributed by atoms with van der Waals surface area (Å²) in [7, 11) is 0. The molecule has 0 bridgehead atoms. The molecule has 0 heterocycles. The summed E-state index contributed by atoms with van der Waals surface area (Å²) in [6.45, 7) is 5.41. The number of halogens is 1. The fraction of sp³-hybridized carbons (Fsp3) is 0.222. The van der Waals surface area contributed by atoms with Gasteiger partial charge in [-0.05, 0) is 68.3 Å². The van der Waals surface area contributed by atoms with Crippen molar-refractivity contribution in [1.29, 1.82) is 0 Å². The Morgan fingerprint density at radius 3 is 2.26 bits per heavy atom. The zero-order valence-electron chi connectivity index (χ0n) is 13.2. The minimum absolute atomic E-state index is 0.231. The minimum Gasteiger partial charge on any atom is -0.480 e. The van der Waals surface area contributed by atoms with Crippen molar-refractivity contribution in [3.05, 3.63) is 57.6 Å². The van der Waals surface area contributed by atoms with Gasteiger partial charge in [0.15, 0.2) is 6.10 Å². The van der Waals surface area contributed by atoms with Crippen LogP contribution in [0.3, 0.4) is 0 Å². The minimum atomic E-state index is -0.655. The van der Waals surface area contributed by atoms with Gasteiger partial charge < -0.3 is 10.1 Å². The smallest absolute Gasteiger partial charge is 0.265 e. The number of benzene rings is 2. The van der Waals surface area contributed by atoms with Gasteiger partial charge in [-0.3, -0.25) is 9.59 Å². The van der Waals surface area contributed by atoms with Crippen molar-refractivity contribution in [1.82, 2.24) is 0 Å². The van der Waals surface area contributed by atoms with E-state index >= 15 is 0 Å². The van der Waals surface area contributed by atoms with E-state index in [-0.39, 0.29) is 5.91 Å². The standard InChI is InChI=1S/C18H18BrNO3/c1-11-8-14(10-21)9-12(2)17(11)23-13(3)18(22)20-16-6-4-15(19)5-7-16/h4-10,13H,1-3H3,(H,20,22)/t13-/m1/s1. The van der Waals surface area contributed by atoms with E-state index in [0.29, 0.717) is 17.0 Å². The van der Waals surface area contributed by atoms with E-state index in [2.05, 4.69) is 21.2 Å². The highest BCUT2D eigenvalue weighted by molar-refractivity contribution is 9.10. The summed E-state index contributed by atoms with van der Waals surface area (Å²) >= 11 is 3.35. The molecule has 0 aliphatic carbocycles. The van der Waals surface area contributed by atoms with Crippen molar-refractivity contribution in [3.63, 3.8) is 0 Å². The van der Waals surface area contributed by atoms with E-state index in [1.54, 1.807) is 19.1 Å². The van der Waals surface area contributed by atoms with Gasteiger partial charge in [0.25, 0.3) is 5.91 Å². The fourth-order valence-electron chi connectivity index (χ4n) is 2.25. The van der Waals surface area contributed by atoms with Crippen LogP contribution in [0.5, 0.6) is 5.75 Å². The van der Waals surface area contributed by atoms with Crippen LogP contribution in [0.2, 0.25) is 0 Å². The van der Waals surface area contributed by atoms with Crippen LogP contribution >= 0.6 is 15.9 Å². The monoisotopic (exact) mass is 375 g/mol. The molecule has 5 heteroatoms. The van der Waals surface area contributed by atoms with Gasteiger partial charge in [-0.2, -0.15) is 0 Å². The lowest BCUT2D eigenvalue weighted by Gasteiger charge is -2.18. The average Bonchev–Trinajstić information content (AvgIpc) is 2.52. The SMILES string of the molecule is Cc1cc(C=O)cc(C)c1O[C@H](C)C(=O)Nc1ccc(Br)cc1. The second kappa shape index (κ2) is 7.42. The second-order valence-electron chi connectivity index (χ2n) is 5.36. The Morgan fingerprint density at radius 1 is 1.17 bits per heavy atom. The third-order valence-corrected chi connectivity index (χ3v) is 3.92. The van der Waals surface area contributed by atoms with Gasteiger partial charge in [0.05, 0.1) is 0 Å². The summed E-state index contributed by atoms with van der Waals surface area (Å²) < 4.78 is 6.74. The summed E-state index contributed by atoms with van der Waals surface area (Å²) in [6.07, 6.45) is 0.145. The highest BCUT2D eigenvalue weighted by Gasteiger charge is 2.17. The maximum absolute atomic E-state index is 12.2. The molecule has 2 aromatic rings. The van der Waals surface area contributed by atoms with Gasteiger partial charge >= 0.3 is 0 Å². The van der Waals surface area contributed by atoms with Gasteiger partial charge in [-0.25, -0.2) is 0 Å². The highest BCUT2D eigenvalue weighted by Crippen LogP contribution is 2.25. The molecule has 23 heavy (non-hydrogen) atoms. The normalized spacial score (nSPS) is 11.7. The highest BCUT2D eigenvalue weighted by atomic mass is 79.9. The van der Waals surface area contributed by atoms with E-state index in [1.807, 2.05) is 38.1 Å². The molecule has 1 amide bonds. The first-order valence-electron chi connectivity index (χ1n) is 7.20. The summed E-state index contributed by atoms with van der Waals surface area (Å²) in [5.41, 5.74) is 2.96. The average molecular weight is 376 g/mol. The molecule has 0 saturated carbocycles. The first-order valence-corrected chi connectivity index (χ1v) is 7.99. The zero-order valence-corrected chi connectivity index (χ0v) is 14.8. The van der Waals surface area contributed by atoms with Crippen molar-refractivity contribution in [2.24, 2.45) is 0 Å². The Hall–Kier alpha value is -2.14. The van der Waals surface area contributed by atoms with Crippen LogP contribution in [-0.4, -0.2) is 18.3 Å². The zero-order chi connectivity index (χ0) is 17.0. The number of hydrogen-bond acceptors (Lipinski definition) is 3. The Bertz CT molecular complexity index is 703. The Kier molecular flexibility index (Phi) is 5.55. The van der Waals surface area contributed by atoms with Crippen molar-refractivity contribution >= 4 is 33.8 Å². The summed E-state index contributed by atoms with van der Waals surface area (Å²) in [6, 6.07) is 10.8. The number of aryl methyl sites for hydroxylation is 2. The van der Waals surface area contributed by atoms with Crippen LogP contribution < -0.4 is 10.1 Å². The van der Waals surface area contributed by atoms with Crippen LogP contribution in [0.4, 0.5) is 5.69 Å². The number of anilines is 1. The summed E-state index contributed by atoms with van der Waals surface area (Å²) in [4.78, 5) is 23.1. The van der Waals surface area contributed by atoms with Crippen LogP contribution in [0, 0.1) is 13.8 Å². The lowest BCUT2D eigenvalue weighted by molar-refractivity contribution is -0.122. The number of carbonyl (C=O) groups excluding carboxylic acids is 2.